The molecule has 0 radical (unpaired) electrons. The summed E-state index contributed by atoms with van der Waals surface area (Å²) < 4.78 is 27.6. The van der Waals surface area contributed by atoms with Crippen LogP contribution in [-0.2, 0) is 10.3 Å². The predicted octanol–water partition coefficient (Wildman–Crippen LogP) is 3.78. The predicted molar refractivity (Wildman–Crippen MR) is 95.7 cm³/mol. The van der Waals surface area contributed by atoms with E-state index in [-0.39, 0.29) is 12.5 Å². The standard InChI is InChI=1S/C20H24F2N2O/c1-19(2,17-10-6-8-14-7-4-5-9-16(14)17)23-18(25)15-11-20(21,22)13-24(3)12-15/h4-10,15H,11-13H2,1-3H3,(H,23,25). The van der Waals surface area contributed by atoms with Crippen LogP contribution in [0, 0.1) is 5.92 Å². The van der Waals surface area contributed by atoms with E-state index in [1.54, 1.807) is 7.05 Å². The zero-order valence-electron chi connectivity index (χ0n) is 14.9. The molecule has 1 saturated heterocycles. The number of carbonyl (C=O) groups is 1. The Morgan fingerprint density at radius 1 is 1.20 bits per heavy atom. The summed E-state index contributed by atoms with van der Waals surface area (Å²) in [6, 6.07) is 13.9. The minimum atomic E-state index is -2.82. The molecule has 1 aliphatic rings. The lowest BCUT2D eigenvalue weighted by molar-refractivity contribution is -0.137. The van der Waals surface area contributed by atoms with Crippen LogP contribution in [0.5, 0.6) is 0 Å². The fraction of sp³-hybridized carbons (Fsp3) is 0.450. The molecule has 0 saturated carbocycles. The lowest BCUT2D eigenvalue weighted by atomic mass is 9.87. The highest BCUT2D eigenvalue weighted by Crippen LogP contribution is 2.32. The van der Waals surface area contributed by atoms with Gasteiger partial charge in [-0.1, -0.05) is 42.5 Å². The van der Waals surface area contributed by atoms with Crippen LogP contribution >= 0.6 is 0 Å². The van der Waals surface area contributed by atoms with Crippen LogP contribution in [0.4, 0.5) is 8.78 Å². The summed E-state index contributed by atoms with van der Waals surface area (Å²) in [6.07, 6.45) is -0.394. The molecule has 1 unspecified atom stereocenters. The monoisotopic (exact) mass is 346 g/mol. The number of benzene rings is 2. The van der Waals surface area contributed by atoms with E-state index in [1.807, 2.05) is 56.3 Å². The van der Waals surface area contributed by atoms with Crippen LogP contribution in [0.2, 0.25) is 0 Å². The minimum absolute atomic E-state index is 0.288. The molecule has 3 nitrogen and oxygen atoms in total. The number of halogens is 2. The third-order valence-electron chi connectivity index (χ3n) is 4.85. The topological polar surface area (TPSA) is 32.3 Å². The molecular weight excluding hydrogens is 322 g/mol. The second-order valence-electron chi connectivity index (χ2n) is 7.59. The first kappa shape index (κ1) is 17.8. The molecule has 0 bridgehead atoms. The fourth-order valence-electron chi connectivity index (χ4n) is 3.75. The van der Waals surface area contributed by atoms with Gasteiger partial charge < -0.3 is 5.32 Å². The Kier molecular flexibility index (Phi) is 4.54. The largest absolute Gasteiger partial charge is 0.347 e. The third kappa shape index (κ3) is 3.82. The third-order valence-corrected chi connectivity index (χ3v) is 4.85. The Hall–Kier alpha value is -2.01. The van der Waals surface area contributed by atoms with Gasteiger partial charge >= 0.3 is 0 Å². The second-order valence-corrected chi connectivity index (χ2v) is 7.59. The normalized spacial score (nSPS) is 21.2. The van der Waals surface area contributed by atoms with E-state index in [4.69, 9.17) is 0 Å². The molecule has 3 rings (SSSR count). The number of rotatable bonds is 3. The van der Waals surface area contributed by atoms with E-state index in [1.165, 1.54) is 4.90 Å². The van der Waals surface area contributed by atoms with Crippen molar-refractivity contribution in [2.45, 2.75) is 31.7 Å². The Balaban J connectivity index is 1.84. The molecule has 134 valence electrons. The molecule has 1 aliphatic heterocycles. The number of nitrogens with zero attached hydrogens (tertiary/aromatic N) is 1. The average molecular weight is 346 g/mol. The first-order chi connectivity index (χ1) is 11.7. The molecule has 1 N–H and O–H groups in total. The maximum absolute atomic E-state index is 13.8. The first-order valence-electron chi connectivity index (χ1n) is 8.55. The van der Waals surface area contributed by atoms with Gasteiger partial charge in [-0.3, -0.25) is 9.69 Å². The first-order valence-corrected chi connectivity index (χ1v) is 8.55. The lowest BCUT2D eigenvalue weighted by Crippen LogP contribution is -2.52. The van der Waals surface area contributed by atoms with Gasteiger partial charge in [0.05, 0.1) is 18.0 Å². The van der Waals surface area contributed by atoms with Crippen molar-refractivity contribution < 1.29 is 13.6 Å². The number of alkyl halides is 2. The number of amides is 1. The van der Waals surface area contributed by atoms with Gasteiger partial charge in [-0.25, -0.2) is 8.78 Å². The van der Waals surface area contributed by atoms with Gasteiger partial charge in [0, 0.05) is 13.0 Å². The summed E-state index contributed by atoms with van der Waals surface area (Å²) in [5, 5.41) is 5.14. The van der Waals surface area contributed by atoms with Crippen molar-refractivity contribution in [2.24, 2.45) is 5.92 Å². The van der Waals surface area contributed by atoms with E-state index >= 15 is 0 Å². The number of nitrogens with one attached hydrogen (secondary N) is 1. The molecule has 1 amide bonds. The van der Waals surface area contributed by atoms with Gasteiger partial charge in [-0.05, 0) is 37.2 Å². The molecule has 1 heterocycles. The van der Waals surface area contributed by atoms with Gasteiger partial charge in [-0.2, -0.15) is 0 Å². The summed E-state index contributed by atoms with van der Waals surface area (Å²) in [4.78, 5) is 14.2. The minimum Gasteiger partial charge on any atom is -0.347 e. The van der Waals surface area contributed by atoms with Crippen molar-refractivity contribution in [3.05, 3.63) is 48.0 Å². The summed E-state index contributed by atoms with van der Waals surface area (Å²) in [5.41, 5.74) is 0.332. The molecule has 2 aromatic rings. The van der Waals surface area contributed by atoms with E-state index < -0.39 is 23.8 Å². The molecule has 1 fully saturated rings. The SMILES string of the molecule is CN1CC(C(=O)NC(C)(C)c2cccc3ccccc23)CC(F)(F)C1. The van der Waals surface area contributed by atoms with E-state index in [9.17, 15) is 13.6 Å². The molecule has 0 aliphatic carbocycles. The number of carbonyl (C=O) groups excluding carboxylic acids is 1. The zero-order chi connectivity index (χ0) is 18.2. The van der Waals surface area contributed by atoms with Crippen LogP contribution in [0.15, 0.2) is 42.5 Å². The number of hydrogen-bond acceptors (Lipinski definition) is 2. The van der Waals surface area contributed by atoms with Gasteiger partial charge in [-0.15, -0.1) is 0 Å². The molecule has 0 aromatic heterocycles. The van der Waals surface area contributed by atoms with Gasteiger partial charge in [0.1, 0.15) is 0 Å². The summed E-state index contributed by atoms with van der Waals surface area (Å²) in [7, 11) is 1.63. The molecule has 0 spiro atoms. The van der Waals surface area contributed by atoms with Crippen molar-refractivity contribution in [1.82, 2.24) is 10.2 Å². The van der Waals surface area contributed by atoms with E-state index in [0.717, 1.165) is 16.3 Å². The van der Waals surface area contributed by atoms with Crippen LogP contribution in [0.25, 0.3) is 10.8 Å². The van der Waals surface area contributed by atoms with Crippen LogP contribution in [0.3, 0.4) is 0 Å². The summed E-state index contributed by atoms with van der Waals surface area (Å²) in [6.45, 7) is 3.89. The molecule has 5 heteroatoms. The Bertz CT molecular complexity index is 783. The summed E-state index contributed by atoms with van der Waals surface area (Å²) in [5.74, 6) is -3.84. The van der Waals surface area contributed by atoms with Crippen molar-refractivity contribution in [3.8, 4) is 0 Å². The number of fused-ring (bicyclic) bond motifs is 1. The summed E-state index contributed by atoms with van der Waals surface area (Å²) >= 11 is 0. The lowest BCUT2D eigenvalue weighted by Gasteiger charge is -2.37. The van der Waals surface area contributed by atoms with Crippen LogP contribution in [-0.4, -0.2) is 36.9 Å². The van der Waals surface area contributed by atoms with Gasteiger partial charge in [0.15, 0.2) is 0 Å². The van der Waals surface area contributed by atoms with Gasteiger partial charge in [0.2, 0.25) is 5.91 Å². The molecule has 1 atom stereocenters. The Morgan fingerprint density at radius 2 is 1.88 bits per heavy atom. The van der Waals surface area contributed by atoms with Crippen LogP contribution in [0.1, 0.15) is 25.8 Å². The smallest absolute Gasteiger partial charge is 0.261 e. The quantitative estimate of drug-likeness (QED) is 0.917. The molecule has 2 aromatic carbocycles. The van der Waals surface area contributed by atoms with E-state index in [2.05, 4.69) is 5.32 Å². The van der Waals surface area contributed by atoms with Crippen molar-refractivity contribution in [2.75, 3.05) is 20.1 Å². The maximum atomic E-state index is 13.8. The maximum Gasteiger partial charge on any atom is 0.261 e. The molecular formula is C20H24F2N2O. The second kappa shape index (κ2) is 6.37. The Labute approximate surface area is 147 Å². The zero-order valence-corrected chi connectivity index (χ0v) is 14.9. The Morgan fingerprint density at radius 3 is 2.60 bits per heavy atom. The highest BCUT2D eigenvalue weighted by atomic mass is 19.3. The number of hydrogen-bond donors (Lipinski definition) is 1. The highest BCUT2D eigenvalue weighted by Gasteiger charge is 2.42. The highest BCUT2D eigenvalue weighted by molar-refractivity contribution is 5.88. The van der Waals surface area contributed by atoms with Crippen molar-refractivity contribution in [3.63, 3.8) is 0 Å². The number of likely N-dealkylation sites (tertiary alicyclic amines) is 1. The fourth-order valence-corrected chi connectivity index (χ4v) is 3.75. The van der Waals surface area contributed by atoms with Crippen molar-refractivity contribution in [1.29, 1.82) is 0 Å². The molecule has 25 heavy (non-hydrogen) atoms. The van der Waals surface area contributed by atoms with E-state index in [0.29, 0.717) is 6.54 Å². The van der Waals surface area contributed by atoms with Crippen LogP contribution < -0.4 is 5.32 Å². The van der Waals surface area contributed by atoms with Gasteiger partial charge in [0.25, 0.3) is 5.92 Å². The number of piperidine rings is 1. The average Bonchev–Trinajstić information content (AvgIpc) is 2.52. The van der Waals surface area contributed by atoms with Crippen molar-refractivity contribution >= 4 is 16.7 Å².